The van der Waals surface area contributed by atoms with Gasteiger partial charge in [0, 0.05) is 18.0 Å². The van der Waals surface area contributed by atoms with Crippen molar-refractivity contribution in [1.82, 2.24) is 14.5 Å². The molecule has 0 aliphatic rings. The molecule has 0 radical (unpaired) electrons. The molecule has 1 amide bonds. The highest BCUT2D eigenvalue weighted by molar-refractivity contribution is 7.19. The maximum atomic E-state index is 13.0. The van der Waals surface area contributed by atoms with E-state index in [0.29, 0.717) is 21.3 Å². The molecular weight excluding hydrogens is 334 g/mol. The summed E-state index contributed by atoms with van der Waals surface area (Å²) in [6.45, 7) is 0.941. The van der Waals surface area contributed by atoms with Gasteiger partial charge in [0.2, 0.25) is 0 Å². The molecule has 124 valence electrons. The minimum absolute atomic E-state index is 0.135. The number of rotatable bonds is 4. The molecule has 2 aromatic heterocycles. The van der Waals surface area contributed by atoms with Gasteiger partial charge in [-0.1, -0.05) is 29.0 Å². The van der Waals surface area contributed by atoms with E-state index >= 15 is 0 Å². The second-order valence-corrected chi connectivity index (χ2v) is 6.19. The number of aromatic nitrogens is 3. The van der Waals surface area contributed by atoms with Crippen molar-refractivity contribution < 1.29 is 13.6 Å². The van der Waals surface area contributed by atoms with Crippen LogP contribution in [0.4, 0.5) is 13.9 Å². The summed E-state index contributed by atoms with van der Waals surface area (Å²) in [5.41, 5.74) is 2.09. The number of anilines is 1. The van der Waals surface area contributed by atoms with Gasteiger partial charge in [0.05, 0.1) is 10.6 Å². The Bertz CT molecular complexity index is 871. The first-order valence-corrected chi connectivity index (χ1v) is 7.94. The zero-order valence-electron chi connectivity index (χ0n) is 13.0. The predicted octanol–water partition coefficient (Wildman–Crippen LogP) is 4.27. The van der Waals surface area contributed by atoms with E-state index in [-0.39, 0.29) is 11.7 Å². The summed E-state index contributed by atoms with van der Waals surface area (Å²) in [6, 6.07) is 7.12. The van der Waals surface area contributed by atoms with E-state index in [1.54, 1.807) is 19.1 Å². The first kappa shape index (κ1) is 16.3. The number of halogens is 2. The first-order valence-electron chi connectivity index (χ1n) is 7.12. The average molecular weight is 348 g/mol. The lowest BCUT2D eigenvalue weighted by molar-refractivity contribution is 0.0720. The van der Waals surface area contributed by atoms with Crippen LogP contribution in [0.25, 0.3) is 10.7 Å². The highest BCUT2D eigenvalue weighted by atomic mass is 32.1. The minimum Gasteiger partial charge on any atom is -0.298 e. The summed E-state index contributed by atoms with van der Waals surface area (Å²) in [6.07, 6.45) is 2.52. The molecule has 5 nitrogen and oxygen atoms in total. The fourth-order valence-electron chi connectivity index (χ4n) is 2.18. The van der Waals surface area contributed by atoms with Crippen molar-refractivity contribution in [3.8, 4) is 10.7 Å². The van der Waals surface area contributed by atoms with Crippen LogP contribution in [-0.4, -0.2) is 20.4 Å². The van der Waals surface area contributed by atoms with E-state index in [2.05, 4.69) is 15.3 Å². The number of carbonyl (C=O) groups is 1. The maximum absolute atomic E-state index is 13.0. The van der Waals surface area contributed by atoms with Crippen molar-refractivity contribution in [2.24, 2.45) is 0 Å². The van der Waals surface area contributed by atoms with Gasteiger partial charge in [-0.2, -0.15) is 8.78 Å². The fourth-order valence-corrected chi connectivity index (χ4v) is 3.14. The molecule has 0 unspecified atom stereocenters. The summed E-state index contributed by atoms with van der Waals surface area (Å²) in [5.74, 6) is -0.164. The van der Waals surface area contributed by atoms with Gasteiger partial charge in [0.25, 0.3) is 5.91 Å². The molecule has 0 bridgehead atoms. The molecular formula is C16H14F2N4OS. The number of amides is 1. The molecule has 0 atom stereocenters. The number of aryl methyl sites for hydroxylation is 2. The Morgan fingerprint density at radius 1 is 1.25 bits per heavy atom. The number of nitrogens with zero attached hydrogens (tertiary/aromatic N) is 3. The molecule has 3 rings (SSSR count). The van der Waals surface area contributed by atoms with Crippen LogP contribution in [0.3, 0.4) is 0 Å². The normalized spacial score (nSPS) is 11.0. The average Bonchev–Trinajstić information content (AvgIpc) is 3.14. The lowest BCUT2D eigenvalue weighted by Crippen LogP contribution is -2.11. The van der Waals surface area contributed by atoms with Crippen LogP contribution in [0.1, 0.15) is 28.2 Å². The molecule has 1 aromatic carbocycles. The van der Waals surface area contributed by atoms with Crippen molar-refractivity contribution in [2.75, 3.05) is 5.32 Å². The molecule has 0 aliphatic heterocycles. The van der Waals surface area contributed by atoms with E-state index < -0.39 is 6.55 Å². The quantitative estimate of drug-likeness (QED) is 0.766. The first-order chi connectivity index (χ1) is 11.5. The standard InChI is InChI=1S/C16H14F2N4OS/c1-9-3-5-11(6-4-9)14(23)21-16-20-10(2)12(24-16)13-19-7-8-22(13)15(17)18/h3-8,15H,1-2H3,(H,20,21,23). The van der Waals surface area contributed by atoms with Crippen molar-refractivity contribution in [3.63, 3.8) is 0 Å². The smallest absolute Gasteiger partial charge is 0.298 e. The van der Waals surface area contributed by atoms with E-state index in [4.69, 9.17) is 0 Å². The van der Waals surface area contributed by atoms with Crippen LogP contribution in [0, 0.1) is 13.8 Å². The predicted molar refractivity (Wildman–Crippen MR) is 88.5 cm³/mol. The molecule has 0 saturated carbocycles. The van der Waals surface area contributed by atoms with Crippen LogP contribution in [0.5, 0.6) is 0 Å². The molecule has 1 N–H and O–H groups in total. The lowest BCUT2D eigenvalue weighted by Gasteiger charge is -2.04. The summed E-state index contributed by atoms with van der Waals surface area (Å²) in [7, 11) is 0. The Hall–Kier alpha value is -2.61. The molecule has 8 heteroatoms. The van der Waals surface area contributed by atoms with Crippen LogP contribution in [-0.2, 0) is 0 Å². The third-order valence-corrected chi connectivity index (χ3v) is 4.48. The van der Waals surface area contributed by atoms with Crippen LogP contribution >= 0.6 is 11.3 Å². The molecule has 24 heavy (non-hydrogen) atoms. The topological polar surface area (TPSA) is 59.8 Å². The van der Waals surface area contributed by atoms with Crippen LogP contribution < -0.4 is 5.32 Å². The van der Waals surface area contributed by atoms with Gasteiger partial charge in [0.15, 0.2) is 11.0 Å². The van der Waals surface area contributed by atoms with E-state index in [9.17, 15) is 13.6 Å². The molecule has 2 heterocycles. The summed E-state index contributed by atoms with van der Waals surface area (Å²) in [4.78, 5) is 20.9. The molecule has 0 fully saturated rings. The van der Waals surface area contributed by atoms with Gasteiger partial charge in [0.1, 0.15) is 0 Å². The third-order valence-electron chi connectivity index (χ3n) is 3.41. The van der Waals surface area contributed by atoms with Gasteiger partial charge in [-0.15, -0.1) is 0 Å². The van der Waals surface area contributed by atoms with E-state index in [0.717, 1.165) is 21.5 Å². The SMILES string of the molecule is Cc1ccc(C(=O)Nc2nc(C)c(-c3nccn3C(F)F)s2)cc1. The number of alkyl halides is 2. The Labute approximate surface area is 141 Å². The zero-order valence-corrected chi connectivity index (χ0v) is 13.8. The number of carbonyl (C=O) groups excluding carboxylic acids is 1. The highest BCUT2D eigenvalue weighted by Gasteiger charge is 2.19. The van der Waals surface area contributed by atoms with Gasteiger partial charge in [-0.05, 0) is 26.0 Å². The molecule has 0 saturated heterocycles. The molecule has 3 aromatic rings. The van der Waals surface area contributed by atoms with E-state index in [1.807, 2.05) is 19.1 Å². The number of imidazole rings is 1. The maximum Gasteiger partial charge on any atom is 0.320 e. The fraction of sp³-hybridized carbons (Fsp3) is 0.188. The second kappa shape index (κ2) is 6.48. The number of benzene rings is 1. The van der Waals surface area contributed by atoms with Crippen LogP contribution in [0.2, 0.25) is 0 Å². The van der Waals surface area contributed by atoms with Gasteiger partial charge in [-0.25, -0.2) is 9.97 Å². The van der Waals surface area contributed by atoms with Gasteiger partial charge in [-0.3, -0.25) is 14.7 Å². The Balaban J connectivity index is 1.85. The monoisotopic (exact) mass is 348 g/mol. The van der Waals surface area contributed by atoms with Gasteiger partial charge >= 0.3 is 6.55 Å². The lowest BCUT2D eigenvalue weighted by atomic mass is 10.1. The number of hydrogen-bond donors (Lipinski definition) is 1. The second-order valence-electron chi connectivity index (χ2n) is 5.19. The molecule has 0 aliphatic carbocycles. The number of nitrogens with one attached hydrogen (secondary N) is 1. The third kappa shape index (κ3) is 3.18. The largest absolute Gasteiger partial charge is 0.320 e. The van der Waals surface area contributed by atoms with Crippen molar-refractivity contribution in [1.29, 1.82) is 0 Å². The Morgan fingerprint density at radius 3 is 2.62 bits per heavy atom. The van der Waals surface area contributed by atoms with Crippen molar-refractivity contribution in [2.45, 2.75) is 20.4 Å². The van der Waals surface area contributed by atoms with Crippen molar-refractivity contribution >= 4 is 22.4 Å². The zero-order chi connectivity index (χ0) is 17.3. The summed E-state index contributed by atoms with van der Waals surface area (Å²) >= 11 is 1.12. The van der Waals surface area contributed by atoms with Gasteiger partial charge < -0.3 is 0 Å². The van der Waals surface area contributed by atoms with Crippen LogP contribution in [0.15, 0.2) is 36.7 Å². The van der Waals surface area contributed by atoms with E-state index in [1.165, 1.54) is 12.4 Å². The minimum atomic E-state index is -2.69. The van der Waals surface area contributed by atoms with Crippen molar-refractivity contribution in [3.05, 3.63) is 53.5 Å². The number of hydrogen-bond acceptors (Lipinski definition) is 4. The summed E-state index contributed by atoms with van der Waals surface area (Å²) < 4.78 is 26.7. The highest BCUT2D eigenvalue weighted by Crippen LogP contribution is 2.33. The Morgan fingerprint density at radius 2 is 1.96 bits per heavy atom. The molecule has 0 spiro atoms. The number of thiazole rings is 1. The Kier molecular flexibility index (Phi) is 4.39. The summed E-state index contributed by atoms with van der Waals surface area (Å²) in [5, 5.41) is 3.04.